The number of alkyl halides is 1. The second-order valence-electron chi connectivity index (χ2n) is 4.03. The molecule has 0 aliphatic rings. The van der Waals surface area contributed by atoms with Gasteiger partial charge in [0.05, 0.1) is 5.39 Å². The minimum absolute atomic E-state index is 0.0291. The van der Waals surface area contributed by atoms with Crippen molar-refractivity contribution in [2.24, 2.45) is 0 Å². The smallest absolute Gasteiger partial charge is 0.192 e. The van der Waals surface area contributed by atoms with Crippen molar-refractivity contribution in [3.8, 4) is 5.75 Å². The van der Waals surface area contributed by atoms with Gasteiger partial charge in [-0.1, -0.05) is 22.9 Å². The van der Waals surface area contributed by atoms with E-state index in [1.807, 2.05) is 6.92 Å². The lowest BCUT2D eigenvalue weighted by molar-refractivity contribution is 0.0506. The van der Waals surface area contributed by atoms with Crippen LogP contribution >= 0.6 is 15.9 Å². The molecule has 0 amide bonds. The molecule has 0 aliphatic heterocycles. The molecule has 0 unspecified atom stereocenters. The molecule has 4 nitrogen and oxygen atoms in total. The molecule has 0 N–H and O–H groups in total. The first kappa shape index (κ1) is 14.1. The second-order valence-corrected chi connectivity index (χ2v) is 4.59. The molecule has 1 aromatic carbocycles. The Bertz CT molecular complexity index is 633. The molecular weight excluding hydrogens is 312 g/mol. The van der Waals surface area contributed by atoms with E-state index in [0.717, 1.165) is 5.56 Å². The Morgan fingerprint density at radius 1 is 1.37 bits per heavy atom. The fraction of sp³-hybridized carbons (Fsp3) is 0.357. The van der Waals surface area contributed by atoms with Gasteiger partial charge in [-0.2, -0.15) is 0 Å². The Labute approximate surface area is 119 Å². The average Bonchev–Trinajstić information content (AvgIpc) is 2.44. The number of benzene rings is 1. The highest BCUT2D eigenvalue weighted by Gasteiger charge is 2.13. The summed E-state index contributed by atoms with van der Waals surface area (Å²) < 4.78 is 16.2. The summed E-state index contributed by atoms with van der Waals surface area (Å²) in [6.07, 6.45) is 0.677. The summed E-state index contributed by atoms with van der Waals surface area (Å²) in [5.41, 5.74) is 1.37. The van der Waals surface area contributed by atoms with Crippen LogP contribution in [0, 0.1) is 0 Å². The Balaban J connectivity index is 2.66. The highest BCUT2D eigenvalue weighted by molar-refractivity contribution is 9.08. The highest BCUT2D eigenvalue weighted by atomic mass is 79.9. The van der Waals surface area contributed by atoms with Gasteiger partial charge in [-0.15, -0.1) is 0 Å². The summed E-state index contributed by atoms with van der Waals surface area (Å²) >= 11 is 3.41. The summed E-state index contributed by atoms with van der Waals surface area (Å²) in [4.78, 5) is 12.0. The molecule has 102 valence electrons. The number of hydrogen-bond donors (Lipinski definition) is 0. The van der Waals surface area contributed by atoms with E-state index in [-0.39, 0.29) is 12.2 Å². The quantitative estimate of drug-likeness (QED) is 0.625. The monoisotopic (exact) mass is 326 g/mol. The van der Waals surface area contributed by atoms with Gasteiger partial charge in [0.2, 0.25) is 0 Å². The van der Waals surface area contributed by atoms with Gasteiger partial charge in [0.1, 0.15) is 17.1 Å². The number of halogens is 1. The van der Waals surface area contributed by atoms with Crippen LogP contribution in [0.3, 0.4) is 0 Å². The molecule has 0 spiro atoms. The van der Waals surface area contributed by atoms with Crippen LogP contribution in [-0.4, -0.2) is 13.9 Å². The number of methoxy groups -OCH3 is 1. The van der Waals surface area contributed by atoms with Crippen LogP contribution in [0.1, 0.15) is 18.2 Å². The fourth-order valence-corrected chi connectivity index (χ4v) is 2.39. The zero-order chi connectivity index (χ0) is 13.8. The lowest BCUT2D eigenvalue weighted by atomic mass is 10.1. The number of ether oxygens (including phenoxy) is 2. The molecule has 0 atom stereocenters. The van der Waals surface area contributed by atoms with Gasteiger partial charge < -0.3 is 13.9 Å². The molecular formula is C14H15BrO4. The normalized spacial score (nSPS) is 10.9. The van der Waals surface area contributed by atoms with Crippen molar-refractivity contribution in [3.63, 3.8) is 0 Å². The van der Waals surface area contributed by atoms with E-state index in [1.54, 1.807) is 19.2 Å². The maximum atomic E-state index is 12.0. The van der Waals surface area contributed by atoms with Crippen LogP contribution in [0.25, 0.3) is 11.0 Å². The molecule has 19 heavy (non-hydrogen) atoms. The van der Waals surface area contributed by atoms with E-state index >= 15 is 0 Å². The standard InChI is InChI=1S/C14H15BrO4/c1-3-9-6-12(16)10-4-5-13(18-8-17-2)11(7-15)14(10)19-9/h4-6H,3,7-8H2,1-2H3. The molecule has 5 heteroatoms. The summed E-state index contributed by atoms with van der Waals surface area (Å²) in [6, 6.07) is 5.02. The van der Waals surface area contributed by atoms with Gasteiger partial charge >= 0.3 is 0 Å². The van der Waals surface area contributed by atoms with Gasteiger partial charge in [0, 0.05) is 30.5 Å². The summed E-state index contributed by atoms with van der Waals surface area (Å²) in [5, 5.41) is 1.11. The molecule has 2 rings (SSSR count). The Morgan fingerprint density at radius 2 is 2.16 bits per heavy atom. The molecule has 2 aromatic rings. The third kappa shape index (κ3) is 2.82. The third-order valence-corrected chi connectivity index (χ3v) is 3.38. The van der Waals surface area contributed by atoms with E-state index in [0.29, 0.717) is 34.2 Å². The van der Waals surface area contributed by atoms with Crippen LogP contribution in [0.2, 0.25) is 0 Å². The molecule has 1 aromatic heterocycles. The minimum atomic E-state index is -0.0291. The van der Waals surface area contributed by atoms with Crippen LogP contribution in [0.4, 0.5) is 0 Å². The largest absolute Gasteiger partial charge is 0.467 e. The number of rotatable bonds is 5. The first-order valence-electron chi connectivity index (χ1n) is 5.97. The van der Waals surface area contributed by atoms with Crippen LogP contribution < -0.4 is 10.2 Å². The minimum Gasteiger partial charge on any atom is -0.467 e. The van der Waals surface area contributed by atoms with E-state index in [9.17, 15) is 4.79 Å². The predicted octanol–water partition coefficient (Wildman–Crippen LogP) is 3.23. The molecule has 0 aliphatic carbocycles. The van der Waals surface area contributed by atoms with Crippen molar-refractivity contribution in [1.29, 1.82) is 0 Å². The maximum absolute atomic E-state index is 12.0. The molecule has 0 saturated heterocycles. The second kappa shape index (κ2) is 6.21. The van der Waals surface area contributed by atoms with E-state index in [4.69, 9.17) is 13.9 Å². The SMILES string of the molecule is CCc1cc(=O)c2ccc(OCOC)c(CBr)c2o1. The lowest BCUT2D eigenvalue weighted by Crippen LogP contribution is -2.06. The maximum Gasteiger partial charge on any atom is 0.192 e. The molecule has 1 heterocycles. The van der Waals surface area contributed by atoms with E-state index in [2.05, 4.69) is 15.9 Å². The van der Waals surface area contributed by atoms with Gasteiger partial charge in [-0.3, -0.25) is 4.79 Å². The number of fused-ring (bicyclic) bond motifs is 1. The van der Waals surface area contributed by atoms with Crippen molar-refractivity contribution in [2.45, 2.75) is 18.7 Å². The Kier molecular flexibility index (Phi) is 4.61. The zero-order valence-corrected chi connectivity index (χ0v) is 12.5. The van der Waals surface area contributed by atoms with Gasteiger partial charge in [-0.05, 0) is 12.1 Å². The van der Waals surface area contributed by atoms with E-state index in [1.165, 1.54) is 6.07 Å². The van der Waals surface area contributed by atoms with Crippen molar-refractivity contribution in [3.05, 3.63) is 39.7 Å². The van der Waals surface area contributed by atoms with Crippen LogP contribution in [0.15, 0.2) is 27.4 Å². The van der Waals surface area contributed by atoms with Gasteiger partial charge in [0.15, 0.2) is 12.2 Å². The predicted molar refractivity (Wildman–Crippen MR) is 77.0 cm³/mol. The number of hydrogen-bond acceptors (Lipinski definition) is 4. The number of aryl methyl sites for hydroxylation is 1. The Morgan fingerprint density at radius 3 is 2.79 bits per heavy atom. The molecule has 0 saturated carbocycles. The zero-order valence-electron chi connectivity index (χ0n) is 10.9. The van der Waals surface area contributed by atoms with Gasteiger partial charge in [0.25, 0.3) is 0 Å². The van der Waals surface area contributed by atoms with Crippen molar-refractivity contribution in [2.75, 3.05) is 13.9 Å². The van der Waals surface area contributed by atoms with Crippen LogP contribution in [-0.2, 0) is 16.5 Å². The van der Waals surface area contributed by atoms with Crippen LogP contribution in [0.5, 0.6) is 5.75 Å². The first-order chi connectivity index (χ1) is 9.21. The third-order valence-electron chi connectivity index (χ3n) is 2.82. The Hall–Kier alpha value is -1.33. The first-order valence-corrected chi connectivity index (χ1v) is 7.09. The van der Waals surface area contributed by atoms with Crippen molar-refractivity contribution < 1.29 is 13.9 Å². The summed E-state index contributed by atoms with van der Waals surface area (Å²) in [7, 11) is 1.56. The van der Waals surface area contributed by atoms with E-state index < -0.39 is 0 Å². The van der Waals surface area contributed by atoms with Crippen molar-refractivity contribution >= 4 is 26.9 Å². The average molecular weight is 327 g/mol. The lowest BCUT2D eigenvalue weighted by Gasteiger charge is -2.11. The summed E-state index contributed by atoms with van der Waals surface area (Å²) in [5.74, 6) is 1.33. The highest BCUT2D eigenvalue weighted by Crippen LogP contribution is 2.29. The molecule has 0 fully saturated rings. The molecule has 0 radical (unpaired) electrons. The van der Waals surface area contributed by atoms with Crippen molar-refractivity contribution in [1.82, 2.24) is 0 Å². The fourth-order valence-electron chi connectivity index (χ4n) is 1.86. The van der Waals surface area contributed by atoms with Gasteiger partial charge in [-0.25, -0.2) is 0 Å². The topological polar surface area (TPSA) is 48.7 Å². The summed E-state index contributed by atoms with van der Waals surface area (Å²) in [6.45, 7) is 2.10. The molecule has 0 bridgehead atoms.